The third-order valence-electron chi connectivity index (χ3n) is 3.32. The van der Waals surface area contributed by atoms with Gasteiger partial charge in [-0.05, 0) is 43.2 Å². The number of aromatic nitrogens is 2. The first-order chi connectivity index (χ1) is 9.01. The summed E-state index contributed by atoms with van der Waals surface area (Å²) in [7, 11) is 1.91. The van der Waals surface area contributed by atoms with E-state index in [1.54, 1.807) is 6.07 Å². The van der Waals surface area contributed by atoms with Crippen molar-refractivity contribution in [3.63, 3.8) is 0 Å². The molecule has 0 aliphatic rings. The average molecular weight is 262 g/mol. The van der Waals surface area contributed by atoms with Crippen LogP contribution in [0.1, 0.15) is 28.6 Å². The van der Waals surface area contributed by atoms with Crippen LogP contribution in [0.3, 0.4) is 0 Å². The van der Waals surface area contributed by atoms with Crippen LogP contribution in [0.5, 0.6) is 0 Å². The molecule has 1 aromatic heterocycles. The highest BCUT2D eigenvalue weighted by atomic mass is 19.1. The molecule has 102 valence electrons. The zero-order valence-corrected chi connectivity index (χ0v) is 11.4. The SMILES string of the molecule is Cc1cc(CC(NN)c2ccc(F)cc2C)n(C)n1. The third kappa shape index (κ3) is 3.00. The molecule has 1 heterocycles. The molecule has 0 spiro atoms. The molecule has 0 radical (unpaired) electrons. The third-order valence-corrected chi connectivity index (χ3v) is 3.32. The van der Waals surface area contributed by atoms with Crippen LogP contribution in [0, 0.1) is 19.7 Å². The van der Waals surface area contributed by atoms with Crippen molar-refractivity contribution in [2.45, 2.75) is 26.3 Å². The number of hydrogen-bond acceptors (Lipinski definition) is 3. The molecule has 1 unspecified atom stereocenters. The Balaban J connectivity index is 2.27. The van der Waals surface area contributed by atoms with Crippen molar-refractivity contribution >= 4 is 0 Å². The van der Waals surface area contributed by atoms with Gasteiger partial charge in [-0.1, -0.05) is 6.07 Å². The van der Waals surface area contributed by atoms with Crippen LogP contribution in [0.2, 0.25) is 0 Å². The maximum Gasteiger partial charge on any atom is 0.123 e. The number of nitrogens with zero attached hydrogens (tertiary/aromatic N) is 2. The predicted octanol–water partition coefficient (Wildman–Crippen LogP) is 1.92. The molecule has 1 aromatic carbocycles. The lowest BCUT2D eigenvalue weighted by Gasteiger charge is -2.18. The quantitative estimate of drug-likeness (QED) is 0.654. The Morgan fingerprint density at radius 2 is 2.11 bits per heavy atom. The summed E-state index contributed by atoms with van der Waals surface area (Å²) < 4.78 is 15.0. The lowest BCUT2D eigenvalue weighted by atomic mass is 9.98. The Morgan fingerprint density at radius 3 is 2.63 bits per heavy atom. The fourth-order valence-electron chi connectivity index (χ4n) is 2.35. The Labute approximate surface area is 112 Å². The molecule has 0 fully saturated rings. The zero-order valence-electron chi connectivity index (χ0n) is 11.4. The van der Waals surface area contributed by atoms with Crippen molar-refractivity contribution in [3.05, 3.63) is 52.6 Å². The molecule has 0 aliphatic carbocycles. The van der Waals surface area contributed by atoms with Crippen molar-refractivity contribution < 1.29 is 4.39 Å². The van der Waals surface area contributed by atoms with Gasteiger partial charge in [0.25, 0.3) is 0 Å². The van der Waals surface area contributed by atoms with Crippen LogP contribution < -0.4 is 11.3 Å². The monoisotopic (exact) mass is 262 g/mol. The summed E-state index contributed by atoms with van der Waals surface area (Å²) in [5, 5.41) is 4.32. The van der Waals surface area contributed by atoms with Crippen LogP contribution in [0.4, 0.5) is 4.39 Å². The number of rotatable bonds is 4. The molecule has 3 N–H and O–H groups in total. The Bertz CT molecular complexity index is 577. The molecule has 0 aliphatic heterocycles. The topological polar surface area (TPSA) is 55.9 Å². The second kappa shape index (κ2) is 5.50. The van der Waals surface area contributed by atoms with E-state index >= 15 is 0 Å². The van der Waals surface area contributed by atoms with Crippen LogP contribution in [0.25, 0.3) is 0 Å². The molecule has 0 bridgehead atoms. The van der Waals surface area contributed by atoms with Gasteiger partial charge in [0, 0.05) is 19.2 Å². The summed E-state index contributed by atoms with van der Waals surface area (Å²) in [6.07, 6.45) is 0.709. The van der Waals surface area contributed by atoms with Crippen LogP contribution in [0.15, 0.2) is 24.3 Å². The number of hydrazine groups is 1. The van der Waals surface area contributed by atoms with Gasteiger partial charge in [0.1, 0.15) is 5.82 Å². The number of benzene rings is 1. The van der Waals surface area contributed by atoms with Gasteiger partial charge in [-0.3, -0.25) is 16.0 Å². The molecule has 5 heteroatoms. The van der Waals surface area contributed by atoms with E-state index < -0.39 is 0 Å². The highest BCUT2D eigenvalue weighted by Gasteiger charge is 2.15. The minimum absolute atomic E-state index is 0.0598. The minimum atomic E-state index is -0.228. The zero-order chi connectivity index (χ0) is 14.0. The summed E-state index contributed by atoms with van der Waals surface area (Å²) in [4.78, 5) is 0. The average Bonchev–Trinajstić information content (AvgIpc) is 2.65. The molecular weight excluding hydrogens is 243 g/mol. The van der Waals surface area contributed by atoms with Gasteiger partial charge in [0.05, 0.1) is 11.7 Å². The standard InChI is InChI=1S/C14H19FN4/c1-9-6-11(15)4-5-13(9)14(17-16)8-12-7-10(2)18-19(12)3/h4-7,14,17H,8,16H2,1-3H3. The number of nitrogens with one attached hydrogen (secondary N) is 1. The van der Waals surface area contributed by atoms with Crippen molar-refractivity contribution in [2.75, 3.05) is 0 Å². The largest absolute Gasteiger partial charge is 0.272 e. The maximum absolute atomic E-state index is 13.1. The van der Waals surface area contributed by atoms with Crippen molar-refractivity contribution in [1.29, 1.82) is 0 Å². The Hall–Kier alpha value is -1.72. The molecule has 1 atom stereocenters. The number of halogens is 1. The van der Waals surface area contributed by atoms with Gasteiger partial charge < -0.3 is 0 Å². The van der Waals surface area contributed by atoms with Crippen molar-refractivity contribution in [2.24, 2.45) is 12.9 Å². The first kappa shape index (κ1) is 13.7. The first-order valence-corrected chi connectivity index (χ1v) is 6.23. The highest BCUT2D eigenvalue weighted by Crippen LogP contribution is 2.22. The summed E-state index contributed by atoms with van der Waals surface area (Å²) in [6, 6.07) is 6.73. The van der Waals surface area contributed by atoms with Crippen LogP contribution in [-0.2, 0) is 13.5 Å². The van der Waals surface area contributed by atoms with Gasteiger partial charge in [0.2, 0.25) is 0 Å². The maximum atomic E-state index is 13.1. The van der Waals surface area contributed by atoms with E-state index in [1.807, 2.05) is 31.6 Å². The Morgan fingerprint density at radius 1 is 1.37 bits per heavy atom. The minimum Gasteiger partial charge on any atom is -0.272 e. The van der Waals surface area contributed by atoms with E-state index in [0.29, 0.717) is 6.42 Å². The fourth-order valence-corrected chi connectivity index (χ4v) is 2.35. The molecule has 2 rings (SSSR count). The lowest BCUT2D eigenvalue weighted by molar-refractivity contribution is 0.526. The van der Waals surface area contributed by atoms with Gasteiger partial charge in [-0.2, -0.15) is 5.10 Å². The van der Waals surface area contributed by atoms with Gasteiger partial charge in [0.15, 0.2) is 0 Å². The number of nitrogens with two attached hydrogens (primary N) is 1. The summed E-state index contributed by atoms with van der Waals surface area (Å²) in [5.41, 5.74) is 6.76. The van der Waals surface area contributed by atoms with E-state index in [9.17, 15) is 4.39 Å². The highest BCUT2D eigenvalue weighted by molar-refractivity contribution is 5.30. The van der Waals surface area contributed by atoms with E-state index in [4.69, 9.17) is 5.84 Å². The molecular formula is C14H19FN4. The molecule has 0 amide bonds. The first-order valence-electron chi connectivity index (χ1n) is 6.23. The molecule has 19 heavy (non-hydrogen) atoms. The van der Waals surface area contributed by atoms with E-state index in [-0.39, 0.29) is 11.9 Å². The number of aryl methyl sites for hydroxylation is 3. The molecule has 2 aromatic rings. The molecule has 0 saturated carbocycles. The summed E-state index contributed by atoms with van der Waals surface area (Å²) in [5.74, 6) is 5.41. The lowest BCUT2D eigenvalue weighted by Crippen LogP contribution is -2.30. The normalized spacial score (nSPS) is 12.7. The molecule has 0 saturated heterocycles. The van der Waals surface area contributed by atoms with E-state index in [0.717, 1.165) is 22.5 Å². The molecule has 4 nitrogen and oxygen atoms in total. The van der Waals surface area contributed by atoms with E-state index in [2.05, 4.69) is 10.5 Å². The summed E-state index contributed by atoms with van der Waals surface area (Å²) in [6.45, 7) is 3.84. The second-order valence-corrected chi connectivity index (χ2v) is 4.82. The fraction of sp³-hybridized carbons (Fsp3) is 0.357. The van der Waals surface area contributed by atoms with Crippen LogP contribution >= 0.6 is 0 Å². The van der Waals surface area contributed by atoms with Gasteiger partial charge in [-0.25, -0.2) is 4.39 Å². The van der Waals surface area contributed by atoms with Gasteiger partial charge >= 0.3 is 0 Å². The van der Waals surface area contributed by atoms with Crippen LogP contribution in [-0.4, -0.2) is 9.78 Å². The van der Waals surface area contributed by atoms with Gasteiger partial charge in [-0.15, -0.1) is 0 Å². The second-order valence-electron chi connectivity index (χ2n) is 4.82. The summed E-state index contributed by atoms with van der Waals surface area (Å²) >= 11 is 0. The number of hydrogen-bond donors (Lipinski definition) is 2. The smallest absolute Gasteiger partial charge is 0.123 e. The Kier molecular flexibility index (Phi) is 3.97. The van der Waals surface area contributed by atoms with E-state index in [1.165, 1.54) is 12.1 Å². The van der Waals surface area contributed by atoms with Crippen molar-refractivity contribution in [3.8, 4) is 0 Å². The van der Waals surface area contributed by atoms with Crippen molar-refractivity contribution in [1.82, 2.24) is 15.2 Å². The predicted molar refractivity (Wildman–Crippen MR) is 72.9 cm³/mol.